The summed E-state index contributed by atoms with van der Waals surface area (Å²) in [6.45, 7) is 7.67. The Morgan fingerprint density at radius 3 is 2.41 bits per heavy atom. The van der Waals surface area contributed by atoms with Gasteiger partial charge in [-0.2, -0.15) is 0 Å². The van der Waals surface area contributed by atoms with Crippen molar-refractivity contribution in [3.63, 3.8) is 0 Å². The van der Waals surface area contributed by atoms with Gasteiger partial charge >= 0.3 is 11.9 Å². The maximum atomic E-state index is 12.2. The van der Waals surface area contributed by atoms with Crippen LogP contribution in [0.1, 0.15) is 56.8 Å². The van der Waals surface area contributed by atoms with Gasteiger partial charge in [-0.05, 0) is 55.1 Å². The molecular formula is C22H32O5. The Kier molecular flexibility index (Phi) is 8.29. The molecule has 5 nitrogen and oxygen atoms in total. The molecule has 1 aliphatic rings. The summed E-state index contributed by atoms with van der Waals surface area (Å²) >= 11 is 0. The van der Waals surface area contributed by atoms with Crippen LogP contribution >= 0.6 is 0 Å². The highest BCUT2D eigenvalue weighted by atomic mass is 16.5. The minimum absolute atomic E-state index is 0.126. The summed E-state index contributed by atoms with van der Waals surface area (Å²) < 4.78 is 11.7. The van der Waals surface area contributed by atoms with Crippen LogP contribution in [-0.2, 0) is 14.3 Å². The second-order valence-corrected chi connectivity index (χ2v) is 7.80. The molecule has 5 heteroatoms. The van der Waals surface area contributed by atoms with Crippen LogP contribution in [0.2, 0.25) is 0 Å². The van der Waals surface area contributed by atoms with Gasteiger partial charge in [0.2, 0.25) is 0 Å². The molecule has 0 aromatic heterocycles. The minimum Gasteiger partial charge on any atom is -0.481 e. The van der Waals surface area contributed by atoms with Crippen LogP contribution in [0.25, 0.3) is 0 Å². The normalized spacial score (nSPS) is 27.9. The Morgan fingerprint density at radius 1 is 1.04 bits per heavy atom. The number of ether oxygens (including phenoxy) is 2. The maximum absolute atomic E-state index is 12.2. The molecule has 0 aliphatic heterocycles. The first-order chi connectivity index (χ1) is 12.9. The molecule has 0 saturated heterocycles. The number of esters is 1. The standard InChI is InChI=1S/C22H32O5/c1-15-16(2)19(14-27-22(25)18-9-5-4-6-10-18)13-20(17(15)3)26-12-8-7-11-21(23)24/h4-6,9-10,15-17,19-20H,7-8,11-14H2,1-3H3,(H,23,24). The lowest BCUT2D eigenvalue weighted by Crippen LogP contribution is -2.42. The molecule has 5 atom stereocenters. The molecule has 1 aromatic carbocycles. The van der Waals surface area contributed by atoms with E-state index in [1.54, 1.807) is 12.1 Å². The summed E-state index contributed by atoms with van der Waals surface area (Å²) in [5, 5.41) is 8.71. The molecular weight excluding hydrogens is 344 g/mol. The number of aliphatic carboxylic acids is 1. The molecule has 150 valence electrons. The Balaban J connectivity index is 1.84. The number of benzene rings is 1. The van der Waals surface area contributed by atoms with Crippen LogP contribution in [0.5, 0.6) is 0 Å². The average molecular weight is 376 g/mol. The van der Waals surface area contributed by atoms with E-state index in [0.717, 1.165) is 12.8 Å². The van der Waals surface area contributed by atoms with E-state index < -0.39 is 5.97 Å². The molecule has 0 bridgehead atoms. The summed E-state index contributed by atoms with van der Waals surface area (Å²) in [7, 11) is 0. The van der Waals surface area contributed by atoms with E-state index in [1.165, 1.54) is 0 Å². The molecule has 1 N–H and O–H groups in total. The van der Waals surface area contributed by atoms with E-state index in [1.807, 2.05) is 18.2 Å². The third-order valence-electron chi connectivity index (χ3n) is 6.08. The molecule has 1 aliphatic carbocycles. The van der Waals surface area contributed by atoms with Crippen LogP contribution in [0.15, 0.2) is 30.3 Å². The molecule has 1 fully saturated rings. The van der Waals surface area contributed by atoms with Crippen LogP contribution in [0.4, 0.5) is 0 Å². The second kappa shape index (κ2) is 10.5. The van der Waals surface area contributed by atoms with Crippen molar-refractivity contribution in [3.05, 3.63) is 35.9 Å². The highest BCUT2D eigenvalue weighted by molar-refractivity contribution is 5.89. The summed E-state index contributed by atoms with van der Waals surface area (Å²) in [4.78, 5) is 22.8. The Hall–Kier alpha value is -1.88. The van der Waals surface area contributed by atoms with E-state index >= 15 is 0 Å². The van der Waals surface area contributed by atoms with Crippen molar-refractivity contribution in [2.45, 2.75) is 52.6 Å². The van der Waals surface area contributed by atoms with Crippen LogP contribution in [-0.4, -0.2) is 36.4 Å². The van der Waals surface area contributed by atoms with Gasteiger partial charge < -0.3 is 14.6 Å². The first-order valence-corrected chi connectivity index (χ1v) is 9.95. The van der Waals surface area contributed by atoms with Crippen LogP contribution < -0.4 is 0 Å². The number of hydrogen-bond acceptors (Lipinski definition) is 4. The van der Waals surface area contributed by atoms with Gasteiger partial charge in [-0.1, -0.05) is 39.0 Å². The smallest absolute Gasteiger partial charge is 0.338 e. The van der Waals surface area contributed by atoms with Crippen molar-refractivity contribution in [1.82, 2.24) is 0 Å². The van der Waals surface area contributed by atoms with E-state index in [9.17, 15) is 9.59 Å². The van der Waals surface area contributed by atoms with Gasteiger partial charge in [-0.15, -0.1) is 0 Å². The fraction of sp³-hybridized carbons (Fsp3) is 0.636. The lowest BCUT2D eigenvalue weighted by Gasteiger charge is -2.43. The Bertz CT molecular complexity index is 600. The topological polar surface area (TPSA) is 72.8 Å². The third-order valence-corrected chi connectivity index (χ3v) is 6.08. The van der Waals surface area contributed by atoms with Crippen molar-refractivity contribution in [2.75, 3.05) is 13.2 Å². The number of hydrogen-bond donors (Lipinski definition) is 1. The molecule has 0 spiro atoms. The minimum atomic E-state index is -0.760. The van der Waals surface area contributed by atoms with Crippen molar-refractivity contribution >= 4 is 11.9 Å². The molecule has 0 heterocycles. The van der Waals surface area contributed by atoms with Crippen molar-refractivity contribution < 1.29 is 24.2 Å². The summed E-state index contributed by atoms with van der Waals surface area (Å²) in [6.07, 6.45) is 2.58. The van der Waals surface area contributed by atoms with Crippen LogP contribution in [0, 0.1) is 23.7 Å². The summed E-state index contributed by atoms with van der Waals surface area (Å²) in [6, 6.07) is 9.07. The number of carboxylic acid groups (broad SMARTS) is 1. The van der Waals surface area contributed by atoms with Gasteiger partial charge in [0.25, 0.3) is 0 Å². The second-order valence-electron chi connectivity index (χ2n) is 7.80. The molecule has 2 rings (SSSR count). The zero-order chi connectivity index (χ0) is 19.8. The fourth-order valence-corrected chi connectivity index (χ4v) is 3.87. The Morgan fingerprint density at radius 2 is 1.74 bits per heavy atom. The largest absolute Gasteiger partial charge is 0.481 e. The SMILES string of the molecule is CC1C(COC(=O)c2ccccc2)CC(OCCCCC(=O)O)C(C)C1C. The van der Waals surface area contributed by atoms with Crippen molar-refractivity contribution in [2.24, 2.45) is 23.7 Å². The van der Waals surface area contributed by atoms with Gasteiger partial charge in [0.05, 0.1) is 18.3 Å². The van der Waals surface area contributed by atoms with Gasteiger partial charge in [-0.25, -0.2) is 4.79 Å². The third kappa shape index (κ3) is 6.35. The highest BCUT2D eigenvalue weighted by Gasteiger charge is 2.39. The van der Waals surface area contributed by atoms with Gasteiger partial charge in [0.1, 0.15) is 0 Å². The first-order valence-electron chi connectivity index (χ1n) is 9.95. The number of carbonyl (C=O) groups excluding carboxylic acids is 1. The highest BCUT2D eigenvalue weighted by Crippen LogP contribution is 2.40. The molecule has 1 saturated carbocycles. The lowest BCUT2D eigenvalue weighted by atomic mass is 9.67. The van der Waals surface area contributed by atoms with Crippen molar-refractivity contribution in [1.29, 1.82) is 0 Å². The van der Waals surface area contributed by atoms with E-state index in [4.69, 9.17) is 14.6 Å². The zero-order valence-corrected chi connectivity index (χ0v) is 16.6. The number of rotatable bonds is 9. The quantitative estimate of drug-likeness (QED) is 0.510. The number of carbonyl (C=O) groups is 2. The predicted octanol–water partition coefficient (Wildman–Crippen LogP) is 4.41. The molecule has 5 unspecified atom stereocenters. The average Bonchev–Trinajstić information content (AvgIpc) is 2.66. The van der Waals surface area contributed by atoms with Gasteiger partial charge in [-0.3, -0.25) is 4.79 Å². The molecule has 27 heavy (non-hydrogen) atoms. The van der Waals surface area contributed by atoms with E-state index in [0.29, 0.717) is 43.0 Å². The molecule has 0 amide bonds. The summed E-state index contributed by atoms with van der Waals surface area (Å²) in [5.41, 5.74) is 0.577. The number of unbranched alkanes of at least 4 members (excludes halogenated alkanes) is 1. The van der Waals surface area contributed by atoms with Crippen LogP contribution in [0.3, 0.4) is 0 Å². The molecule has 1 aromatic rings. The van der Waals surface area contributed by atoms with Gasteiger partial charge in [0.15, 0.2) is 0 Å². The Labute approximate surface area is 162 Å². The van der Waals surface area contributed by atoms with Gasteiger partial charge in [0, 0.05) is 13.0 Å². The van der Waals surface area contributed by atoms with Crippen molar-refractivity contribution in [3.8, 4) is 0 Å². The first kappa shape index (κ1) is 21.4. The molecule has 0 radical (unpaired) electrons. The maximum Gasteiger partial charge on any atom is 0.338 e. The lowest BCUT2D eigenvalue weighted by molar-refractivity contribution is -0.137. The fourth-order valence-electron chi connectivity index (χ4n) is 3.87. The predicted molar refractivity (Wildman–Crippen MR) is 104 cm³/mol. The summed E-state index contributed by atoms with van der Waals surface area (Å²) in [5.74, 6) is 0.594. The van der Waals surface area contributed by atoms with E-state index in [-0.39, 0.29) is 24.4 Å². The van der Waals surface area contributed by atoms with E-state index in [2.05, 4.69) is 20.8 Å². The number of carboxylic acids is 1. The monoisotopic (exact) mass is 376 g/mol. The zero-order valence-electron chi connectivity index (χ0n) is 16.6.